The minimum atomic E-state index is -0.175. The lowest BCUT2D eigenvalue weighted by Crippen LogP contribution is -2.21. The van der Waals surface area contributed by atoms with Gasteiger partial charge in [0.25, 0.3) is 0 Å². The van der Waals surface area contributed by atoms with Crippen molar-refractivity contribution < 1.29 is 5.11 Å². The Hall–Kier alpha value is -2.60. The molecule has 1 aliphatic carbocycles. The lowest BCUT2D eigenvalue weighted by molar-refractivity contribution is 0.111. The number of anilines is 2. The first-order valence-corrected chi connectivity index (χ1v) is 10.7. The second-order valence-corrected chi connectivity index (χ2v) is 8.30. The zero-order valence-corrected chi connectivity index (χ0v) is 17.3. The van der Waals surface area contributed by atoms with E-state index in [1.165, 1.54) is 0 Å². The monoisotopic (exact) mass is 393 g/mol. The van der Waals surface area contributed by atoms with Crippen LogP contribution in [0.5, 0.6) is 0 Å². The molecule has 0 amide bonds. The minimum Gasteiger partial charge on any atom is -0.399 e. The van der Waals surface area contributed by atoms with Gasteiger partial charge in [-0.05, 0) is 56.7 Å². The van der Waals surface area contributed by atoms with E-state index in [4.69, 9.17) is 10.7 Å². The van der Waals surface area contributed by atoms with Gasteiger partial charge < -0.3 is 20.7 Å². The first kappa shape index (κ1) is 19.7. The van der Waals surface area contributed by atoms with Crippen molar-refractivity contribution in [2.45, 2.75) is 70.6 Å². The van der Waals surface area contributed by atoms with Crippen molar-refractivity contribution in [1.29, 1.82) is 0 Å². The summed E-state index contributed by atoms with van der Waals surface area (Å²) in [4.78, 5) is 9.51. The Labute approximate surface area is 172 Å². The number of nitrogens with zero attached hydrogens (tertiary/aromatic N) is 3. The third-order valence-corrected chi connectivity index (χ3v) is 5.95. The summed E-state index contributed by atoms with van der Waals surface area (Å²) in [6.45, 7) is 4.35. The van der Waals surface area contributed by atoms with Gasteiger partial charge in [-0.2, -0.15) is 4.98 Å². The molecule has 6 heteroatoms. The number of hydrogen-bond donors (Lipinski definition) is 3. The van der Waals surface area contributed by atoms with Gasteiger partial charge in [0.2, 0.25) is 5.95 Å². The lowest BCUT2D eigenvalue weighted by Gasteiger charge is -2.27. The van der Waals surface area contributed by atoms with Crippen LogP contribution in [-0.4, -0.2) is 31.8 Å². The molecule has 154 valence electrons. The fourth-order valence-corrected chi connectivity index (χ4v) is 4.33. The second kappa shape index (κ2) is 8.41. The molecule has 4 rings (SSSR count). The van der Waals surface area contributed by atoms with Gasteiger partial charge in [-0.25, -0.2) is 4.98 Å². The highest BCUT2D eigenvalue weighted by atomic mass is 16.3. The highest BCUT2D eigenvalue weighted by Gasteiger charge is 2.24. The first-order chi connectivity index (χ1) is 14.0. The highest BCUT2D eigenvalue weighted by Crippen LogP contribution is 2.36. The summed E-state index contributed by atoms with van der Waals surface area (Å²) < 4.78 is 2.30. The van der Waals surface area contributed by atoms with E-state index in [9.17, 15) is 5.11 Å². The fourth-order valence-electron chi connectivity index (χ4n) is 4.33. The third-order valence-electron chi connectivity index (χ3n) is 5.95. The summed E-state index contributed by atoms with van der Waals surface area (Å²) in [5.41, 5.74) is 9.83. The largest absolute Gasteiger partial charge is 0.399 e. The van der Waals surface area contributed by atoms with Crippen LogP contribution in [0.3, 0.4) is 0 Å². The van der Waals surface area contributed by atoms with Gasteiger partial charge >= 0.3 is 0 Å². The topological polar surface area (TPSA) is 89.0 Å². The van der Waals surface area contributed by atoms with Crippen LogP contribution in [0.2, 0.25) is 0 Å². The molecule has 1 aromatic carbocycles. The number of benzene rings is 1. The third kappa shape index (κ3) is 4.22. The van der Waals surface area contributed by atoms with E-state index in [0.29, 0.717) is 18.0 Å². The van der Waals surface area contributed by atoms with E-state index in [-0.39, 0.29) is 6.10 Å². The normalized spacial score (nSPS) is 20.7. The van der Waals surface area contributed by atoms with E-state index < -0.39 is 0 Å². The quantitative estimate of drug-likeness (QED) is 0.526. The number of rotatable bonds is 6. The van der Waals surface area contributed by atoms with Crippen LogP contribution in [0.25, 0.3) is 22.2 Å². The van der Waals surface area contributed by atoms with Crippen LogP contribution in [0.15, 0.2) is 36.7 Å². The Morgan fingerprint density at radius 3 is 2.62 bits per heavy atom. The molecule has 0 radical (unpaired) electrons. The maximum Gasteiger partial charge on any atom is 0.224 e. The van der Waals surface area contributed by atoms with Gasteiger partial charge in [0, 0.05) is 41.1 Å². The Kier molecular flexibility index (Phi) is 5.72. The molecule has 3 aromatic rings. The Morgan fingerprint density at radius 2 is 1.93 bits per heavy atom. The predicted molar refractivity (Wildman–Crippen MR) is 119 cm³/mol. The molecule has 29 heavy (non-hydrogen) atoms. The first-order valence-electron chi connectivity index (χ1n) is 10.7. The van der Waals surface area contributed by atoms with E-state index >= 15 is 0 Å². The molecular weight excluding hydrogens is 362 g/mol. The summed E-state index contributed by atoms with van der Waals surface area (Å²) in [7, 11) is 0. The fraction of sp³-hybridized carbons (Fsp3) is 0.478. The predicted octanol–water partition coefficient (Wildman–Crippen LogP) is 4.76. The van der Waals surface area contributed by atoms with Crippen molar-refractivity contribution in [3.63, 3.8) is 0 Å². The molecule has 0 aliphatic heterocycles. The summed E-state index contributed by atoms with van der Waals surface area (Å²) in [5.74, 6) is 0.678. The van der Waals surface area contributed by atoms with Crippen molar-refractivity contribution in [3.8, 4) is 11.1 Å². The average molecular weight is 394 g/mol. The number of nitrogens with two attached hydrogens (primary N) is 1. The number of fused-ring (bicyclic) bond motifs is 1. The molecule has 1 aliphatic rings. The van der Waals surface area contributed by atoms with Gasteiger partial charge in [-0.3, -0.25) is 0 Å². The van der Waals surface area contributed by atoms with E-state index in [1.54, 1.807) is 0 Å². The second-order valence-electron chi connectivity index (χ2n) is 8.30. The molecule has 4 N–H and O–H groups in total. The lowest BCUT2D eigenvalue weighted by atomic mass is 9.93. The number of aromatic nitrogens is 3. The maximum atomic E-state index is 9.93. The maximum absolute atomic E-state index is 9.93. The van der Waals surface area contributed by atoms with Gasteiger partial charge in [-0.1, -0.05) is 25.5 Å². The van der Waals surface area contributed by atoms with Crippen molar-refractivity contribution in [1.82, 2.24) is 14.5 Å². The number of nitrogens with one attached hydrogen (secondary N) is 1. The zero-order valence-electron chi connectivity index (χ0n) is 17.3. The number of aliphatic hydroxyl groups is 1. The van der Waals surface area contributed by atoms with Crippen LogP contribution < -0.4 is 11.1 Å². The smallest absolute Gasteiger partial charge is 0.224 e. The summed E-state index contributed by atoms with van der Waals surface area (Å²) in [5, 5.41) is 14.4. The molecule has 2 heterocycles. The summed E-state index contributed by atoms with van der Waals surface area (Å²) >= 11 is 0. The molecule has 0 unspecified atom stereocenters. The molecule has 0 saturated heterocycles. The Morgan fingerprint density at radius 1 is 1.21 bits per heavy atom. The van der Waals surface area contributed by atoms with E-state index in [2.05, 4.69) is 47.0 Å². The van der Waals surface area contributed by atoms with Crippen LogP contribution in [0.1, 0.15) is 58.4 Å². The van der Waals surface area contributed by atoms with Crippen LogP contribution >= 0.6 is 0 Å². The zero-order chi connectivity index (χ0) is 20.4. The van der Waals surface area contributed by atoms with Crippen LogP contribution in [0, 0.1) is 0 Å². The molecular formula is C23H31N5O. The Balaban J connectivity index is 1.76. The van der Waals surface area contributed by atoms with Crippen molar-refractivity contribution in [3.05, 3.63) is 36.7 Å². The number of nitrogen functional groups attached to an aromatic ring is 1. The van der Waals surface area contributed by atoms with Gasteiger partial charge in [0.15, 0.2) is 0 Å². The Bertz CT molecular complexity index is 957. The van der Waals surface area contributed by atoms with Crippen LogP contribution in [-0.2, 0) is 0 Å². The SMILES string of the molecule is CCC[C@H](C)Nc1ncc2c(-c3ccc(N)cc3)cn(C3CCC(O)CC3)c2n1. The number of hydrogen-bond acceptors (Lipinski definition) is 5. The molecule has 1 saturated carbocycles. The summed E-state index contributed by atoms with van der Waals surface area (Å²) in [6, 6.07) is 8.64. The van der Waals surface area contributed by atoms with E-state index in [1.807, 2.05) is 18.3 Å². The van der Waals surface area contributed by atoms with Gasteiger partial charge in [0.1, 0.15) is 5.65 Å². The molecule has 0 bridgehead atoms. The average Bonchev–Trinajstić information content (AvgIpc) is 3.08. The molecule has 2 aromatic heterocycles. The molecule has 0 spiro atoms. The molecule has 1 atom stereocenters. The standard InChI is InChI=1S/C23H31N5O/c1-3-4-15(2)26-23-25-13-20-21(16-5-7-17(24)8-6-16)14-28(22(20)27-23)18-9-11-19(29)12-10-18/h5-8,13-15,18-19,29H,3-4,9-12,24H2,1-2H3,(H,25,26,27)/t15-,18?,19?/m0/s1. The van der Waals surface area contributed by atoms with Crippen molar-refractivity contribution in [2.24, 2.45) is 0 Å². The molecule has 1 fully saturated rings. The van der Waals surface area contributed by atoms with Crippen molar-refractivity contribution >= 4 is 22.7 Å². The van der Waals surface area contributed by atoms with E-state index in [0.717, 1.165) is 66.4 Å². The highest BCUT2D eigenvalue weighted by molar-refractivity contribution is 5.94. The molecule has 6 nitrogen and oxygen atoms in total. The van der Waals surface area contributed by atoms with Crippen molar-refractivity contribution in [2.75, 3.05) is 11.1 Å². The van der Waals surface area contributed by atoms with Gasteiger partial charge in [-0.15, -0.1) is 0 Å². The number of aliphatic hydroxyl groups excluding tert-OH is 1. The van der Waals surface area contributed by atoms with Gasteiger partial charge in [0.05, 0.1) is 6.10 Å². The van der Waals surface area contributed by atoms with Crippen LogP contribution in [0.4, 0.5) is 11.6 Å². The summed E-state index contributed by atoms with van der Waals surface area (Å²) in [6.07, 6.45) is 9.77. The minimum absolute atomic E-state index is 0.175.